The smallest absolute Gasteiger partial charge is 0.0541 e. The average Bonchev–Trinajstić information content (AvgIpc) is 4.19. The Morgan fingerprint density at radius 3 is 1.01 bits per heavy atom. The molecule has 10 aromatic carbocycles. The van der Waals surface area contributed by atoms with Crippen molar-refractivity contribution in [2.45, 2.75) is 63.7 Å². The Balaban J connectivity index is 0.969. The minimum atomic E-state index is -0.310. The first kappa shape index (κ1) is 40.5. The van der Waals surface area contributed by atoms with Crippen molar-refractivity contribution in [1.29, 1.82) is 0 Å². The average molecular weight is 921 g/mol. The van der Waals surface area contributed by atoms with E-state index < -0.39 is 0 Å². The van der Waals surface area contributed by atoms with E-state index in [1.165, 1.54) is 150 Å². The molecule has 2 heterocycles. The Morgan fingerprint density at radius 1 is 0.306 bits per heavy atom. The summed E-state index contributed by atoms with van der Waals surface area (Å²) >= 11 is 0. The SMILES string of the molecule is CC1(C)c2cc(C3c4ccccc4-c4ccccc43)ccc2-c2c1c1c(c3c2C(C)(C)c2cc(-n4c5ccccc5c5ccccc54)ccc2-3)C(C)(C)c2cc(-n3c4ccccc4c4ccccc43)ccc2-1. The number of rotatable bonds is 3. The van der Waals surface area contributed by atoms with E-state index in [0.717, 1.165) is 0 Å². The van der Waals surface area contributed by atoms with Gasteiger partial charge in [-0.05, 0) is 143 Å². The van der Waals surface area contributed by atoms with Gasteiger partial charge in [0.25, 0.3) is 0 Å². The molecule has 342 valence electrons. The Morgan fingerprint density at radius 2 is 0.625 bits per heavy atom. The number of nitrogens with zero attached hydrogens (tertiary/aromatic N) is 2. The Bertz CT molecular complexity index is 4160. The quantitative estimate of drug-likeness (QED) is 0.167. The van der Waals surface area contributed by atoms with Crippen LogP contribution in [0.25, 0.3) is 99.5 Å². The minimum Gasteiger partial charge on any atom is -0.309 e. The zero-order chi connectivity index (χ0) is 48.2. The molecule has 4 aliphatic carbocycles. The minimum absolute atomic E-state index is 0.178. The first-order chi connectivity index (χ1) is 35.0. The molecule has 16 rings (SSSR count). The summed E-state index contributed by atoms with van der Waals surface area (Å²) in [6.45, 7) is 15.1. The molecule has 2 aromatic heterocycles. The lowest BCUT2D eigenvalue weighted by Crippen LogP contribution is -2.22. The van der Waals surface area contributed by atoms with E-state index in [0.29, 0.717) is 0 Å². The molecular formula is C70H52N2. The third kappa shape index (κ3) is 4.86. The van der Waals surface area contributed by atoms with Crippen molar-refractivity contribution in [3.63, 3.8) is 0 Å². The van der Waals surface area contributed by atoms with Crippen molar-refractivity contribution in [2.75, 3.05) is 0 Å². The van der Waals surface area contributed by atoms with E-state index in [-0.39, 0.29) is 22.2 Å². The first-order valence-electron chi connectivity index (χ1n) is 25.9. The van der Waals surface area contributed by atoms with E-state index in [1.807, 2.05) is 0 Å². The van der Waals surface area contributed by atoms with Gasteiger partial charge in [-0.1, -0.05) is 193 Å². The van der Waals surface area contributed by atoms with Crippen LogP contribution >= 0.6 is 0 Å². The standard InChI is InChI=1S/C70H52N2/c1-68(2)54-37-40(61-49-25-9-7-19-43(49)44-20-8-10-26-50(44)61)31-34-51(54)62-65(68)63-52-35-32-41(71-57-27-15-11-21-45(57)46-22-12-16-28-58(46)71)38-55(52)70(5,6)67(63)64-53-36-33-42(39-56(53)69(3,4)66(62)64)72-59-29-17-13-23-47(59)48-24-14-18-30-60(48)72/h7-39,61H,1-6H3. The third-order valence-electron chi connectivity index (χ3n) is 18.1. The van der Waals surface area contributed by atoms with E-state index >= 15 is 0 Å². The summed E-state index contributed by atoms with van der Waals surface area (Å²) in [5.41, 5.74) is 30.4. The fourth-order valence-corrected chi connectivity index (χ4v) is 15.0. The summed E-state index contributed by atoms with van der Waals surface area (Å²) in [5, 5.41) is 5.15. The molecule has 0 aliphatic heterocycles. The Labute approximate surface area is 420 Å². The molecule has 0 atom stereocenters. The summed E-state index contributed by atoms with van der Waals surface area (Å²) in [6.07, 6.45) is 0. The van der Waals surface area contributed by atoms with Crippen LogP contribution in [-0.2, 0) is 16.2 Å². The highest BCUT2D eigenvalue weighted by atomic mass is 15.0. The Kier molecular flexibility index (Phi) is 7.65. The van der Waals surface area contributed by atoms with E-state index in [2.05, 4.69) is 251 Å². The number of fused-ring (bicyclic) bond motifs is 21. The van der Waals surface area contributed by atoms with Crippen molar-refractivity contribution in [3.8, 4) is 55.9 Å². The predicted octanol–water partition coefficient (Wildman–Crippen LogP) is 18.0. The summed E-state index contributed by atoms with van der Waals surface area (Å²) in [7, 11) is 0. The van der Waals surface area contributed by atoms with Gasteiger partial charge in [0, 0.05) is 55.1 Å². The fraction of sp³-hybridized carbons (Fsp3) is 0.143. The van der Waals surface area contributed by atoms with Crippen LogP contribution in [0.5, 0.6) is 0 Å². The molecule has 4 aliphatic rings. The summed E-state index contributed by atoms with van der Waals surface area (Å²) in [5.74, 6) is 0.178. The van der Waals surface area contributed by atoms with Gasteiger partial charge in [0.1, 0.15) is 0 Å². The normalized spacial score (nSPS) is 15.9. The summed E-state index contributed by atoms with van der Waals surface area (Å²) < 4.78 is 4.99. The fourth-order valence-electron chi connectivity index (χ4n) is 15.0. The Hall–Kier alpha value is -8.20. The second-order valence-electron chi connectivity index (χ2n) is 22.7. The maximum absolute atomic E-state index is 2.61. The molecule has 0 saturated carbocycles. The monoisotopic (exact) mass is 920 g/mol. The van der Waals surface area contributed by atoms with Crippen molar-refractivity contribution in [2.24, 2.45) is 0 Å². The second kappa shape index (κ2) is 13.6. The van der Waals surface area contributed by atoms with E-state index in [9.17, 15) is 0 Å². The maximum Gasteiger partial charge on any atom is 0.0541 e. The van der Waals surface area contributed by atoms with Crippen molar-refractivity contribution >= 4 is 43.6 Å². The van der Waals surface area contributed by atoms with Gasteiger partial charge in [-0.3, -0.25) is 0 Å². The number of aromatic nitrogens is 2. The molecule has 12 aromatic rings. The molecule has 0 unspecified atom stereocenters. The molecular weight excluding hydrogens is 869 g/mol. The number of benzene rings is 10. The molecule has 2 nitrogen and oxygen atoms in total. The van der Waals surface area contributed by atoms with Gasteiger partial charge in [0.05, 0.1) is 22.1 Å². The summed E-state index contributed by atoms with van der Waals surface area (Å²) in [6, 6.07) is 76.2. The van der Waals surface area contributed by atoms with Crippen LogP contribution in [0, 0.1) is 0 Å². The van der Waals surface area contributed by atoms with Crippen LogP contribution < -0.4 is 0 Å². The number of hydrogen-bond acceptors (Lipinski definition) is 0. The lowest BCUT2D eigenvalue weighted by atomic mass is 9.71. The molecule has 0 spiro atoms. The van der Waals surface area contributed by atoms with Gasteiger partial charge in [0.2, 0.25) is 0 Å². The van der Waals surface area contributed by atoms with Crippen molar-refractivity contribution in [3.05, 3.63) is 250 Å². The summed E-state index contributed by atoms with van der Waals surface area (Å²) in [4.78, 5) is 0. The zero-order valence-electron chi connectivity index (χ0n) is 41.5. The van der Waals surface area contributed by atoms with Crippen LogP contribution in [-0.4, -0.2) is 9.13 Å². The highest BCUT2D eigenvalue weighted by Gasteiger charge is 2.53. The van der Waals surface area contributed by atoms with Crippen LogP contribution in [0.4, 0.5) is 0 Å². The molecule has 2 heteroatoms. The lowest BCUT2D eigenvalue weighted by Gasteiger charge is -2.31. The molecule has 0 saturated heterocycles. The van der Waals surface area contributed by atoms with Gasteiger partial charge in [-0.15, -0.1) is 0 Å². The van der Waals surface area contributed by atoms with Gasteiger partial charge < -0.3 is 9.13 Å². The van der Waals surface area contributed by atoms with Crippen LogP contribution in [0.1, 0.15) is 97.5 Å². The van der Waals surface area contributed by atoms with Gasteiger partial charge in [0.15, 0.2) is 0 Å². The molecule has 0 bridgehead atoms. The van der Waals surface area contributed by atoms with Crippen LogP contribution in [0.3, 0.4) is 0 Å². The highest BCUT2D eigenvalue weighted by molar-refractivity contribution is 6.11. The van der Waals surface area contributed by atoms with Gasteiger partial charge >= 0.3 is 0 Å². The molecule has 0 radical (unpaired) electrons. The first-order valence-corrected chi connectivity index (χ1v) is 25.9. The zero-order valence-corrected chi connectivity index (χ0v) is 41.5. The van der Waals surface area contributed by atoms with Crippen molar-refractivity contribution in [1.82, 2.24) is 9.13 Å². The highest BCUT2D eigenvalue weighted by Crippen LogP contribution is 2.68. The van der Waals surface area contributed by atoms with E-state index in [1.54, 1.807) is 0 Å². The predicted molar refractivity (Wildman–Crippen MR) is 301 cm³/mol. The van der Waals surface area contributed by atoms with Crippen LogP contribution in [0.2, 0.25) is 0 Å². The number of para-hydroxylation sites is 4. The van der Waals surface area contributed by atoms with Gasteiger partial charge in [-0.25, -0.2) is 0 Å². The molecule has 0 N–H and O–H groups in total. The molecule has 72 heavy (non-hydrogen) atoms. The largest absolute Gasteiger partial charge is 0.309 e. The second-order valence-corrected chi connectivity index (χ2v) is 22.7. The third-order valence-corrected chi connectivity index (χ3v) is 18.1. The van der Waals surface area contributed by atoms with Gasteiger partial charge in [-0.2, -0.15) is 0 Å². The lowest BCUT2D eigenvalue weighted by molar-refractivity contribution is 0.635. The maximum atomic E-state index is 2.61. The topological polar surface area (TPSA) is 9.86 Å². The van der Waals surface area contributed by atoms with E-state index in [4.69, 9.17) is 0 Å². The number of hydrogen-bond donors (Lipinski definition) is 0. The molecule has 0 fully saturated rings. The molecule has 0 amide bonds. The van der Waals surface area contributed by atoms with Crippen molar-refractivity contribution < 1.29 is 0 Å². The van der Waals surface area contributed by atoms with Crippen LogP contribution in [0.15, 0.2) is 200 Å².